The van der Waals surface area contributed by atoms with Crippen LogP contribution < -0.4 is 5.73 Å². The number of carbonyl (C=O) groups excluding carboxylic acids is 1. The van der Waals surface area contributed by atoms with E-state index < -0.39 is 17.8 Å². The highest BCUT2D eigenvalue weighted by molar-refractivity contribution is 5.99. The Balaban J connectivity index is 2.07. The van der Waals surface area contributed by atoms with Crippen molar-refractivity contribution in [1.29, 1.82) is 0 Å². The zero-order chi connectivity index (χ0) is 20.1. The lowest BCUT2D eigenvalue weighted by Gasteiger charge is -2.14. The predicted octanol–water partition coefficient (Wildman–Crippen LogP) is 4.31. The van der Waals surface area contributed by atoms with Gasteiger partial charge in [-0.3, -0.25) is 9.59 Å². The molecule has 0 aliphatic rings. The number of nitrogens with two attached hydrogens (primary N) is 1. The third-order valence-corrected chi connectivity index (χ3v) is 4.77. The molecule has 0 radical (unpaired) electrons. The Kier molecular flexibility index (Phi) is 5.90. The number of primary amides is 1. The third-order valence-electron chi connectivity index (χ3n) is 4.77. The van der Waals surface area contributed by atoms with Crippen LogP contribution >= 0.6 is 0 Å². The van der Waals surface area contributed by atoms with Crippen LogP contribution in [0.25, 0.3) is 11.1 Å². The number of carboxylic acid groups (broad SMARTS) is 1. The summed E-state index contributed by atoms with van der Waals surface area (Å²) < 4.78 is 0. The van der Waals surface area contributed by atoms with E-state index in [0.29, 0.717) is 12.0 Å². The first-order valence-corrected chi connectivity index (χ1v) is 9.23. The second kappa shape index (κ2) is 8.53. The summed E-state index contributed by atoms with van der Waals surface area (Å²) >= 11 is 0. The Hall–Kier alpha value is -3.40. The number of rotatable bonds is 7. The molecule has 3 rings (SSSR count). The van der Waals surface area contributed by atoms with Crippen molar-refractivity contribution in [2.45, 2.75) is 19.8 Å². The summed E-state index contributed by atoms with van der Waals surface area (Å²) in [6.07, 6.45) is 1.14. The lowest BCUT2D eigenvalue weighted by atomic mass is 9.91. The molecule has 0 aliphatic heterocycles. The van der Waals surface area contributed by atoms with Crippen LogP contribution in [0.4, 0.5) is 0 Å². The molecule has 4 heteroatoms. The Morgan fingerprint density at radius 1 is 0.893 bits per heavy atom. The highest BCUT2D eigenvalue weighted by Crippen LogP contribution is 2.28. The summed E-state index contributed by atoms with van der Waals surface area (Å²) in [7, 11) is 0. The molecule has 142 valence electrons. The molecule has 0 saturated heterocycles. The summed E-state index contributed by atoms with van der Waals surface area (Å²) in [5.41, 5.74) is 10.8. The number of benzene rings is 3. The molecule has 0 spiro atoms. The van der Waals surface area contributed by atoms with Gasteiger partial charge in [0, 0.05) is 5.56 Å². The maximum atomic E-state index is 11.9. The van der Waals surface area contributed by atoms with Gasteiger partial charge in [-0.2, -0.15) is 0 Å². The van der Waals surface area contributed by atoms with Crippen LogP contribution in [0.1, 0.15) is 34.0 Å². The van der Waals surface area contributed by atoms with Crippen molar-refractivity contribution in [2.75, 3.05) is 0 Å². The van der Waals surface area contributed by atoms with Crippen LogP contribution in [0.2, 0.25) is 0 Å². The molecule has 4 nitrogen and oxygen atoms in total. The average molecular weight is 373 g/mol. The van der Waals surface area contributed by atoms with Crippen molar-refractivity contribution < 1.29 is 14.7 Å². The molecule has 0 fully saturated rings. The van der Waals surface area contributed by atoms with Gasteiger partial charge in [0.1, 0.15) is 0 Å². The van der Waals surface area contributed by atoms with Gasteiger partial charge in [0.05, 0.1) is 5.92 Å². The van der Waals surface area contributed by atoms with Gasteiger partial charge in [0.25, 0.3) is 0 Å². The average Bonchev–Trinajstić information content (AvgIpc) is 2.68. The largest absolute Gasteiger partial charge is 0.481 e. The molecule has 3 N–H and O–H groups in total. The molecule has 0 aliphatic carbocycles. The number of carboxylic acids is 1. The van der Waals surface area contributed by atoms with E-state index in [1.807, 2.05) is 48.5 Å². The molecule has 1 atom stereocenters. The Bertz CT molecular complexity index is 996. The first-order chi connectivity index (χ1) is 13.4. The van der Waals surface area contributed by atoms with Gasteiger partial charge < -0.3 is 10.8 Å². The van der Waals surface area contributed by atoms with Crippen molar-refractivity contribution in [3.63, 3.8) is 0 Å². The smallest absolute Gasteiger partial charge is 0.306 e. The van der Waals surface area contributed by atoms with Crippen molar-refractivity contribution >= 4 is 11.9 Å². The van der Waals surface area contributed by atoms with Crippen LogP contribution in [0.3, 0.4) is 0 Å². The second-order valence-electron chi connectivity index (χ2n) is 7.05. The van der Waals surface area contributed by atoms with E-state index in [2.05, 4.69) is 12.1 Å². The monoisotopic (exact) mass is 373 g/mol. The first-order valence-electron chi connectivity index (χ1n) is 9.23. The number of carbonyl (C=O) groups is 2. The van der Waals surface area contributed by atoms with Crippen LogP contribution in [0.5, 0.6) is 0 Å². The molecule has 0 aromatic heterocycles. The van der Waals surface area contributed by atoms with Gasteiger partial charge in [-0.1, -0.05) is 73.7 Å². The maximum Gasteiger partial charge on any atom is 0.306 e. The SMILES string of the molecule is C[C@H](Cc1cc(Cc2ccccc2)cc(-c2ccccc2C(N)=O)c1)C(=O)O. The number of amides is 1. The van der Waals surface area contributed by atoms with Crippen molar-refractivity contribution in [3.05, 3.63) is 95.1 Å². The van der Waals surface area contributed by atoms with Gasteiger partial charge in [-0.15, -0.1) is 0 Å². The van der Waals surface area contributed by atoms with Crippen molar-refractivity contribution in [2.24, 2.45) is 11.7 Å². The molecule has 0 saturated carbocycles. The highest BCUT2D eigenvalue weighted by atomic mass is 16.4. The van der Waals surface area contributed by atoms with E-state index in [-0.39, 0.29) is 0 Å². The van der Waals surface area contributed by atoms with E-state index in [9.17, 15) is 14.7 Å². The lowest BCUT2D eigenvalue weighted by Crippen LogP contribution is -2.13. The fourth-order valence-electron chi connectivity index (χ4n) is 3.36. The number of aliphatic carboxylic acids is 1. The van der Waals surface area contributed by atoms with Gasteiger partial charge >= 0.3 is 5.97 Å². The fraction of sp³-hybridized carbons (Fsp3) is 0.167. The van der Waals surface area contributed by atoms with Crippen LogP contribution in [0, 0.1) is 5.92 Å². The minimum absolute atomic E-state index is 0.420. The van der Waals surface area contributed by atoms with Crippen molar-refractivity contribution in [3.8, 4) is 11.1 Å². The summed E-state index contributed by atoms with van der Waals surface area (Å²) in [4.78, 5) is 23.2. The van der Waals surface area contributed by atoms with E-state index in [1.165, 1.54) is 5.56 Å². The zero-order valence-electron chi connectivity index (χ0n) is 15.8. The van der Waals surface area contributed by atoms with Crippen molar-refractivity contribution in [1.82, 2.24) is 0 Å². The Morgan fingerprint density at radius 2 is 1.54 bits per heavy atom. The van der Waals surface area contributed by atoms with Crippen LogP contribution in [-0.4, -0.2) is 17.0 Å². The van der Waals surface area contributed by atoms with E-state index in [4.69, 9.17) is 5.73 Å². The lowest BCUT2D eigenvalue weighted by molar-refractivity contribution is -0.141. The standard InChI is InChI=1S/C24H23NO3/c1-16(24(27)28)11-18-13-19(12-17-7-3-2-4-8-17)15-20(14-18)21-9-5-6-10-22(21)23(25)26/h2-10,13-16H,11-12H2,1H3,(H2,25,26)(H,27,28)/t16-/m1/s1. The predicted molar refractivity (Wildman–Crippen MR) is 110 cm³/mol. The molecule has 28 heavy (non-hydrogen) atoms. The number of hydrogen-bond acceptors (Lipinski definition) is 2. The topological polar surface area (TPSA) is 80.4 Å². The van der Waals surface area contributed by atoms with E-state index >= 15 is 0 Å². The fourth-order valence-corrected chi connectivity index (χ4v) is 3.36. The summed E-state index contributed by atoms with van der Waals surface area (Å²) in [5.74, 6) is -1.80. The van der Waals surface area contributed by atoms with E-state index in [1.54, 1.807) is 19.1 Å². The zero-order valence-corrected chi connectivity index (χ0v) is 15.8. The Morgan fingerprint density at radius 3 is 2.21 bits per heavy atom. The highest BCUT2D eigenvalue weighted by Gasteiger charge is 2.15. The first kappa shape index (κ1) is 19.4. The Labute approximate surface area is 164 Å². The minimum atomic E-state index is -0.826. The minimum Gasteiger partial charge on any atom is -0.481 e. The molecule has 0 unspecified atom stereocenters. The molecular formula is C24H23NO3. The molecule has 3 aromatic rings. The normalized spacial score (nSPS) is 11.8. The summed E-state index contributed by atoms with van der Waals surface area (Å²) in [6, 6.07) is 23.4. The molecular weight excluding hydrogens is 350 g/mol. The quantitative estimate of drug-likeness (QED) is 0.648. The van der Waals surface area contributed by atoms with Crippen LogP contribution in [-0.2, 0) is 17.6 Å². The third kappa shape index (κ3) is 4.65. The second-order valence-corrected chi connectivity index (χ2v) is 7.05. The number of hydrogen-bond donors (Lipinski definition) is 2. The van der Waals surface area contributed by atoms with E-state index in [0.717, 1.165) is 28.7 Å². The molecule has 1 amide bonds. The van der Waals surface area contributed by atoms with Crippen LogP contribution in [0.15, 0.2) is 72.8 Å². The molecule has 3 aromatic carbocycles. The summed E-state index contributed by atoms with van der Waals surface area (Å²) in [6.45, 7) is 1.70. The molecule has 0 heterocycles. The van der Waals surface area contributed by atoms with Gasteiger partial charge in [-0.25, -0.2) is 0 Å². The van der Waals surface area contributed by atoms with Gasteiger partial charge in [0.2, 0.25) is 5.91 Å². The maximum absolute atomic E-state index is 11.9. The summed E-state index contributed by atoms with van der Waals surface area (Å²) in [5, 5.41) is 9.29. The van der Waals surface area contributed by atoms with Gasteiger partial charge in [0.15, 0.2) is 0 Å². The van der Waals surface area contributed by atoms with Gasteiger partial charge in [-0.05, 0) is 46.7 Å². The molecule has 0 bridgehead atoms.